The van der Waals surface area contributed by atoms with Crippen molar-refractivity contribution in [3.05, 3.63) is 101 Å². The van der Waals surface area contributed by atoms with Crippen molar-refractivity contribution < 1.29 is 24.0 Å². The number of rotatable bonds is 10. The SMILES string of the molecule is CON=C(C(=O)NC1C(=O)N2C(C(=O)OC(c3ccccc3)c3ccccc3)=C(C=CCI)CS[C@H]12)c1nsc(N)n1. The maximum Gasteiger partial charge on any atom is 0.356 e. The number of oxime groups is 1. The number of allylic oxidation sites excluding steroid dienone is 2. The number of ether oxygens (including phenoxy) is 1. The Kier molecular flexibility index (Phi) is 9.54. The van der Waals surface area contributed by atoms with Crippen LogP contribution in [0.25, 0.3) is 0 Å². The summed E-state index contributed by atoms with van der Waals surface area (Å²) in [7, 11) is 1.28. The Morgan fingerprint density at radius 1 is 1.19 bits per heavy atom. The molecule has 5 rings (SSSR count). The van der Waals surface area contributed by atoms with E-state index in [2.05, 4.69) is 42.4 Å². The molecule has 11 nitrogen and oxygen atoms in total. The molecular formula is C28H25IN6O5S2. The molecule has 2 aliphatic heterocycles. The summed E-state index contributed by atoms with van der Waals surface area (Å²) < 4.78 is 10.9. The Hall–Kier alpha value is -3.76. The van der Waals surface area contributed by atoms with E-state index in [0.29, 0.717) is 11.3 Å². The molecule has 0 spiro atoms. The van der Waals surface area contributed by atoms with Gasteiger partial charge in [0, 0.05) is 21.7 Å². The molecule has 0 saturated carbocycles. The molecule has 3 aromatic rings. The molecule has 3 N–H and O–H groups in total. The Balaban J connectivity index is 1.41. The van der Waals surface area contributed by atoms with Gasteiger partial charge >= 0.3 is 5.97 Å². The summed E-state index contributed by atoms with van der Waals surface area (Å²) in [5.41, 5.74) is 7.86. The number of hydrogen-bond donors (Lipinski definition) is 2. The Morgan fingerprint density at radius 2 is 1.86 bits per heavy atom. The lowest BCUT2D eigenvalue weighted by Crippen LogP contribution is -2.71. The average Bonchev–Trinajstić information content (AvgIpc) is 3.45. The van der Waals surface area contributed by atoms with Crippen LogP contribution in [0.15, 0.2) is 89.2 Å². The van der Waals surface area contributed by atoms with Gasteiger partial charge in [-0.1, -0.05) is 101 Å². The van der Waals surface area contributed by atoms with E-state index in [-0.39, 0.29) is 22.4 Å². The third-order valence-corrected chi connectivity index (χ3v) is 8.72. The van der Waals surface area contributed by atoms with Crippen LogP contribution in [0.2, 0.25) is 0 Å². The van der Waals surface area contributed by atoms with Crippen LogP contribution in [0, 0.1) is 0 Å². The maximum absolute atomic E-state index is 13.9. The number of amides is 2. The highest BCUT2D eigenvalue weighted by molar-refractivity contribution is 14.1. The minimum Gasteiger partial charge on any atom is -0.448 e. The van der Waals surface area contributed by atoms with Crippen molar-refractivity contribution in [2.75, 3.05) is 23.0 Å². The summed E-state index contributed by atoms with van der Waals surface area (Å²) >= 11 is 4.54. The lowest BCUT2D eigenvalue weighted by molar-refractivity contribution is -0.154. The number of nitrogens with zero attached hydrogens (tertiary/aromatic N) is 4. The number of hydrogen-bond acceptors (Lipinski definition) is 11. The number of alkyl halides is 1. The highest BCUT2D eigenvalue weighted by Crippen LogP contribution is 2.42. The molecule has 14 heteroatoms. The quantitative estimate of drug-likeness (QED) is 0.0804. The largest absolute Gasteiger partial charge is 0.448 e. The van der Waals surface area contributed by atoms with Crippen molar-refractivity contribution in [3.8, 4) is 0 Å². The molecule has 216 valence electrons. The number of fused-ring (bicyclic) bond motifs is 1. The van der Waals surface area contributed by atoms with Crippen LogP contribution in [0.1, 0.15) is 23.1 Å². The van der Waals surface area contributed by atoms with Crippen molar-refractivity contribution in [3.63, 3.8) is 0 Å². The molecule has 2 amide bonds. The van der Waals surface area contributed by atoms with E-state index in [1.807, 2.05) is 72.8 Å². The predicted molar refractivity (Wildman–Crippen MR) is 169 cm³/mol. The molecule has 0 bridgehead atoms. The summed E-state index contributed by atoms with van der Waals surface area (Å²) in [5.74, 6) is -1.37. The molecule has 2 aromatic carbocycles. The smallest absolute Gasteiger partial charge is 0.356 e. The van der Waals surface area contributed by atoms with E-state index in [4.69, 9.17) is 15.3 Å². The van der Waals surface area contributed by atoms with Gasteiger partial charge in [0.2, 0.25) is 11.5 Å². The lowest BCUT2D eigenvalue weighted by Gasteiger charge is -2.49. The van der Waals surface area contributed by atoms with Crippen LogP contribution >= 0.6 is 45.9 Å². The fourth-order valence-corrected chi connectivity index (χ4v) is 6.52. The normalized spacial score (nSPS) is 18.6. The fourth-order valence-electron chi connectivity index (χ4n) is 4.51. The number of benzene rings is 2. The fraction of sp³-hybridized carbons (Fsp3) is 0.214. The number of aromatic nitrogens is 2. The van der Waals surface area contributed by atoms with Gasteiger partial charge in [0.05, 0.1) is 0 Å². The molecule has 1 fully saturated rings. The zero-order valence-corrected chi connectivity index (χ0v) is 26.0. The zero-order chi connectivity index (χ0) is 29.6. The first-order valence-corrected chi connectivity index (χ1v) is 16.0. The molecule has 1 saturated heterocycles. The number of halogens is 1. The Labute approximate surface area is 263 Å². The zero-order valence-electron chi connectivity index (χ0n) is 22.2. The highest BCUT2D eigenvalue weighted by atomic mass is 127. The lowest BCUT2D eigenvalue weighted by atomic mass is 10.0. The first kappa shape index (κ1) is 29.7. The van der Waals surface area contributed by atoms with E-state index in [1.54, 1.807) is 0 Å². The molecule has 2 atom stereocenters. The van der Waals surface area contributed by atoms with E-state index in [0.717, 1.165) is 27.1 Å². The number of carbonyl (C=O) groups excluding carboxylic acids is 3. The van der Waals surface area contributed by atoms with Gasteiger partial charge in [-0.05, 0) is 16.7 Å². The molecule has 3 heterocycles. The van der Waals surface area contributed by atoms with Crippen molar-refractivity contribution in [2.45, 2.75) is 17.5 Å². The van der Waals surface area contributed by atoms with Crippen LogP contribution in [-0.2, 0) is 24.0 Å². The second kappa shape index (κ2) is 13.5. The topological polar surface area (TPSA) is 149 Å². The van der Waals surface area contributed by atoms with Gasteiger partial charge in [-0.3, -0.25) is 14.5 Å². The standard InChI is InChI=1S/C28H25IN6O5S2/c1-39-33-19(23-32-28(30)42-34-23)24(36)31-20-25(37)35-21(18(13-8-14-29)15-41-26(20)35)27(38)40-22(16-9-4-2-5-10-16)17-11-6-3-7-12-17/h2-13,20,22,26H,14-15H2,1H3,(H,31,36)(H2,30,32,34)/t20?,26-/m1/s1. The van der Waals surface area contributed by atoms with Crippen molar-refractivity contribution >= 4 is 74.5 Å². The van der Waals surface area contributed by atoms with Crippen LogP contribution < -0.4 is 11.1 Å². The molecule has 1 unspecified atom stereocenters. The third kappa shape index (κ3) is 6.19. The molecular weight excluding hydrogens is 691 g/mol. The first-order chi connectivity index (χ1) is 20.4. The molecule has 2 aliphatic rings. The molecule has 1 aromatic heterocycles. The summed E-state index contributed by atoms with van der Waals surface area (Å²) in [5, 5.41) is 6.04. The Bertz CT molecular complexity index is 1520. The van der Waals surface area contributed by atoms with Gasteiger partial charge in [-0.25, -0.2) is 4.79 Å². The van der Waals surface area contributed by atoms with Crippen LogP contribution in [0.4, 0.5) is 5.13 Å². The number of nitrogen functional groups attached to an aromatic ring is 1. The van der Waals surface area contributed by atoms with E-state index in [1.165, 1.54) is 23.8 Å². The summed E-state index contributed by atoms with van der Waals surface area (Å²) in [6, 6.07) is 17.9. The number of esters is 1. The molecule has 0 radical (unpaired) electrons. The number of nitrogens with one attached hydrogen (secondary N) is 1. The summed E-state index contributed by atoms with van der Waals surface area (Å²) in [6.45, 7) is 0. The van der Waals surface area contributed by atoms with Crippen molar-refractivity contribution in [1.82, 2.24) is 19.6 Å². The predicted octanol–water partition coefficient (Wildman–Crippen LogP) is 3.45. The first-order valence-electron chi connectivity index (χ1n) is 12.7. The van der Waals surface area contributed by atoms with Crippen LogP contribution in [0.3, 0.4) is 0 Å². The third-order valence-electron chi connectivity index (χ3n) is 6.37. The van der Waals surface area contributed by atoms with Crippen LogP contribution in [0.5, 0.6) is 0 Å². The summed E-state index contributed by atoms with van der Waals surface area (Å²) in [4.78, 5) is 50.7. The minimum absolute atomic E-state index is 0.0139. The average molecular weight is 717 g/mol. The van der Waals surface area contributed by atoms with Gasteiger partial charge in [0.15, 0.2) is 11.2 Å². The monoisotopic (exact) mass is 716 g/mol. The van der Waals surface area contributed by atoms with Gasteiger partial charge < -0.3 is 20.6 Å². The number of carbonyl (C=O) groups is 3. The van der Waals surface area contributed by atoms with Gasteiger partial charge in [-0.15, -0.1) is 11.8 Å². The van der Waals surface area contributed by atoms with Crippen molar-refractivity contribution in [2.24, 2.45) is 5.16 Å². The number of β-lactam (4-membered cyclic amide) rings is 1. The van der Waals surface area contributed by atoms with Crippen molar-refractivity contribution in [1.29, 1.82) is 0 Å². The number of anilines is 1. The Morgan fingerprint density at radius 3 is 2.43 bits per heavy atom. The van der Waals surface area contributed by atoms with Crippen LogP contribution in [-0.4, -0.2) is 66.5 Å². The van der Waals surface area contributed by atoms with E-state index >= 15 is 0 Å². The minimum atomic E-state index is -0.919. The second-order valence-corrected chi connectivity index (χ2v) is 11.7. The number of nitrogens with two attached hydrogens (primary N) is 1. The summed E-state index contributed by atoms with van der Waals surface area (Å²) in [6.07, 6.45) is 3.07. The van der Waals surface area contributed by atoms with Gasteiger partial charge in [0.25, 0.3) is 11.8 Å². The second-order valence-electron chi connectivity index (χ2n) is 8.98. The molecule has 42 heavy (non-hydrogen) atoms. The molecule has 0 aliphatic carbocycles. The maximum atomic E-state index is 13.9. The van der Waals surface area contributed by atoms with Gasteiger partial charge in [0.1, 0.15) is 24.2 Å². The number of thioether (sulfide) groups is 1. The highest BCUT2D eigenvalue weighted by Gasteiger charge is 2.54. The van der Waals surface area contributed by atoms with E-state index in [9.17, 15) is 14.4 Å². The van der Waals surface area contributed by atoms with Gasteiger partial charge in [-0.2, -0.15) is 9.36 Å². The van der Waals surface area contributed by atoms with E-state index < -0.39 is 35.3 Å².